The van der Waals surface area contributed by atoms with Gasteiger partial charge >= 0.3 is 7.12 Å². The minimum atomic E-state index is -1.10. The second-order valence-corrected chi connectivity index (χ2v) is 7.92. The molecule has 122 valence electrons. The molecule has 1 aliphatic carbocycles. The number of hydrogen-bond donors (Lipinski definition) is 1. The molecule has 0 spiro atoms. The second kappa shape index (κ2) is 4.76. The van der Waals surface area contributed by atoms with E-state index in [0.29, 0.717) is 18.7 Å². The molecule has 6 nitrogen and oxygen atoms in total. The van der Waals surface area contributed by atoms with E-state index in [1.54, 1.807) is 12.4 Å². The van der Waals surface area contributed by atoms with Crippen LogP contribution < -0.4 is 5.46 Å². The van der Waals surface area contributed by atoms with Crippen LogP contribution in [0.2, 0.25) is 0 Å². The van der Waals surface area contributed by atoms with Crippen molar-refractivity contribution >= 4 is 12.6 Å². The molecule has 0 unspecified atom stereocenters. The van der Waals surface area contributed by atoms with Gasteiger partial charge in [-0.3, -0.25) is 0 Å². The molecule has 1 saturated carbocycles. The summed E-state index contributed by atoms with van der Waals surface area (Å²) in [4.78, 5) is 12.1. The molecule has 7 heteroatoms. The normalized spacial score (nSPS) is 34.7. The molecule has 2 aliphatic rings. The molecule has 3 rings (SSSR count). The lowest BCUT2D eigenvalue weighted by Crippen LogP contribution is -2.52. The maximum Gasteiger partial charge on any atom is 0.498 e. The molecule has 0 amide bonds. The van der Waals surface area contributed by atoms with Gasteiger partial charge in [-0.2, -0.15) is 0 Å². The highest BCUT2D eigenvalue weighted by atomic mass is 16.7. The Morgan fingerprint density at radius 2 is 1.57 bits per heavy atom. The van der Waals surface area contributed by atoms with Crippen molar-refractivity contribution in [1.29, 1.82) is 0 Å². The molecule has 1 aromatic rings. The Morgan fingerprint density at radius 1 is 1.09 bits per heavy atom. The van der Waals surface area contributed by atoms with Crippen molar-refractivity contribution in [2.45, 2.75) is 69.8 Å². The molecular weight excluding hydrogens is 293 g/mol. The Balaban J connectivity index is 1.76. The summed E-state index contributed by atoms with van der Waals surface area (Å²) in [6, 6.07) is 0. The summed E-state index contributed by atoms with van der Waals surface area (Å²) in [5.41, 5.74) is -1.72. The Bertz CT molecular complexity index is 644. The van der Waals surface area contributed by atoms with Crippen LogP contribution in [0.25, 0.3) is 4.85 Å². The molecule has 2 heterocycles. The van der Waals surface area contributed by atoms with Crippen molar-refractivity contribution < 1.29 is 14.4 Å². The quantitative estimate of drug-likeness (QED) is 0.660. The van der Waals surface area contributed by atoms with Crippen molar-refractivity contribution in [3.63, 3.8) is 0 Å². The van der Waals surface area contributed by atoms with E-state index < -0.39 is 29.5 Å². The van der Waals surface area contributed by atoms with Gasteiger partial charge in [0.25, 0.3) is 0 Å². The Hall–Kier alpha value is -1.49. The Morgan fingerprint density at radius 3 is 2.00 bits per heavy atom. The molecule has 2 fully saturated rings. The number of aromatic nitrogens is 2. The molecule has 1 aromatic heterocycles. The van der Waals surface area contributed by atoms with E-state index in [0.717, 1.165) is 5.46 Å². The van der Waals surface area contributed by atoms with Crippen molar-refractivity contribution in [3.05, 3.63) is 29.6 Å². The fourth-order valence-corrected chi connectivity index (χ4v) is 3.12. The maximum absolute atomic E-state index is 10.5. The van der Waals surface area contributed by atoms with E-state index in [4.69, 9.17) is 15.9 Å². The summed E-state index contributed by atoms with van der Waals surface area (Å²) in [7, 11) is -0.515. The third kappa shape index (κ3) is 2.55. The predicted octanol–water partition coefficient (Wildman–Crippen LogP) is 1.44. The molecule has 1 aliphatic heterocycles. The molecule has 0 bridgehead atoms. The first-order valence-corrected chi connectivity index (χ1v) is 7.79. The number of nitrogens with zero attached hydrogens (tertiary/aromatic N) is 3. The lowest BCUT2D eigenvalue weighted by molar-refractivity contribution is -0.0809. The van der Waals surface area contributed by atoms with Crippen LogP contribution in [-0.4, -0.2) is 38.9 Å². The summed E-state index contributed by atoms with van der Waals surface area (Å²) < 4.78 is 11.9. The monoisotopic (exact) mass is 315 g/mol. The first-order chi connectivity index (χ1) is 10.5. The third-order valence-corrected chi connectivity index (χ3v) is 5.23. The van der Waals surface area contributed by atoms with Crippen LogP contribution >= 0.6 is 0 Å². The zero-order valence-corrected chi connectivity index (χ0v) is 14.3. The molecule has 0 radical (unpaired) electrons. The second-order valence-electron chi connectivity index (χ2n) is 7.92. The van der Waals surface area contributed by atoms with Crippen LogP contribution in [0.1, 0.15) is 53.3 Å². The lowest BCUT2D eigenvalue weighted by Gasteiger charge is -2.41. The molecule has 23 heavy (non-hydrogen) atoms. The summed E-state index contributed by atoms with van der Waals surface area (Å²) in [6.45, 7) is 17.0. The van der Waals surface area contributed by atoms with E-state index in [2.05, 4.69) is 14.8 Å². The SMILES string of the molecule is [C-]#[N+]C1(C)CC(O)(c2ncc(B3OC(C)(C)C(C)(C)O3)cn2)C1. The molecule has 1 saturated heterocycles. The highest BCUT2D eigenvalue weighted by molar-refractivity contribution is 6.61. The average molecular weight is 315 g/mol. The van der Waals surface area contributed by atoms with Crippen LogP contribution in [0, 0.1) is 6.57 Å². The highest BCUT2D eigenvalue weighted by Gasteiger charge is 2.59. The first kappa shape index (κ1) is 16.4. The van der Waals surface area contributed by atoms with Gasteiger partial charge < -0.3 is 19.3 Å². The third-order valence-electron chi connectivity index (χ3n) is 5.23. The van der Waals surface area contributed by atoms with E-state index in [1.165, 1.54) is 0 Å². The van der Waals surface area contributed by atoms with Crippen molar-refractivity contribution in [2.24, 2.45) is 0 Å². The smallest absolute Gasteiger partial charge is 0.399 e. The average Bonchev–Trinajstić information content (AvgIpc) is 2.66. The maximum atomic E-state index is 10.5. The zero-order valence-electron chi connectivity index (χ0n) is 14.3. The molecular formula is C16H22BN3O3. The number of aliphatic hydroxyl groups is 1. The standard InChI is InChI=1S/C16H22BN3O3/c1-13(2)14(3,4)23-17(22-13)11-7-19-12(20-8-11)16(21)9-15(5,10-16)18-6/h7-8,21H,9-10H2,1-5H3. The molecule has 1 N–H and O–H groups in total. The van der Waals surface area contributed by atoms with Gasteiger partial charge in [-0.15, -0.1) is 0 Å². The highest BCUT2D eigenvalue weighted by Crippen LogP contribution is 2.49. The van der Waals surface area contributed by atoms with E-state index in [-0.39, 0.29) is 0 Å². The van der Waals surface area contributed by atoms with Crippen LogP contribution in [-0.2, 0) is 14.9 Å². The number of hydrogen-bond acceptors (Lipinski definition) is 5. The van der Waals surface area contributed by atoms with Crippen LogP contribution in [0.15, 0.2) is 12.4 Å². The Kier molecular flexibility index (Phi) is 3.39. The Labute approximate surface area is 137 Å². The van der Waals surface area contributed by atoms with Gasteiger partial charge in [0.2, 0.25) is 5.54 Å². The largest absolute Gasteiger partial charge is 0.498 e. The molecule has 0 aromatic carbocycles. The summed E-state index contributed by atoms with van der Waals surface area (Å²) in [5.74, 6) is 0.360. The van der Waals surface area contributed by atoms with Gasteiger partial charge in [-0.05, 0) is 27.7 Å². The fraction of sp³-hybridized carbons (Fsp3) is 0.688. The minimum absolute atomic E-state index is 0.360. The minimum Gasteiger partial charge on any atom is -0.399 e. The summed E-state index contributed by atoms with van der Waals surface area (Å²) >= 11 is 0. The van der Waals surface area contributed by atoms with Gasteiger partial charge in [0.1, 0.15) is 5.60 Å². The van der Waals surface area contributed by atoms with Crippen molar-refractivity contribution in [1.82, 2.24) is 9.97 Å². The van der Waals surface area contributed by atoms with Gasteiger partial charge in [0, 0.05) is 24.8 Å². The molecule has 0 atom stereocenters. The van der Waals surface area contributed by atoms with Gasteiger partial charge in [0.15, 0.2) is 5.82 Å². The predicted molar refractivity (Wildman–Crippen MR) is 85.9 cm³/mol. The van der Waals surface area contributed by atoms with E-state index in [9.17, 15) is 5.11 Å². The lowest BCUT2D eigenvalue weighted by atomic mass is 9.66. The van der Waals surface area contributed by atoms with E-state index in [1.807, 2.05) is 34.6 Å². The van der Waals surface area contributed by atoms with Gasteiger partial charge in [-0.1, -0.05) is 0 Å². The van der Waals surface area contributed by atoms with Crippen LogP contribution in [0.5, 0.6) is 0 Å². The van der Waals surface area contributed by atoms with Crippen molar-refractivity contribution in [3.8, 4) is 0 Å². The van der Waals surface area contributed by atoms with E-state index >= 15 is 0 Å². The topological polar surface area (TPSA) is 68.8 Å². The van der Waals surface area contributed by atoms with Gasteiger partial charge in [-0.25, -0.2) is 16.5 Å². The zero-order chi connectivity index (χ0) is 17.1. The number of rotatable bonds is 2. The van der Waals surface area contributed by atoms with Crippen LogP contribution in [0.4, 0.5) is 0 Å². The van der Waals surface area contributed by atoms with Crippen LogP contribution in [0.3, 0.4) is 0 Å². The summed E-state index contributed by atoms with van der Waals surface area (Å²) in [5, 5.41) is 10.5. The van der Waals surface area contributed by atoms with Crippen molar-refractivity contribution in [2.75, 3.05) is 0 Å². The van der Waals surface area contributed by atoms with Gasteiger partial charge in [0.05, 0.1) is 24.0 Å². The summed E-state index contributed by atoms with van der Waals surface area (Å²) in [6.07, 6.45) is 3.99. The first-order valence-electron chi connectivity index (χ1n) is 7.79. The fourth-order valence-electron chi connectivity index (χ4n) is 3.12.